The zero-order chi connectivity index (χ0) is 20.9. The van der Waals surface area contributed by atoms with Crippen LogP contribution < -0.4 is 4.90 Å². The molecule has 2 heterocycles. The molecule has 3 rings (SSSR count). The van der Waals surface area contributed by atoms with E-state index in [0.29, 0.717) is 31.7 Å². The maximum absolute atomic E-state index is 13.7. The van der Waals surface area contributed by atoms with Crippen LogP contribution in [0.3, 0.4) is 0 Å². The van der Waals surface area contributed by atoms with Crippen LogP contribution in [-0.4, -0.2) is 59.5 Å². The minimum Gasteiger partial charge on any atom is -0.508 e. The van der Waals surface area contributed by atoms with Crippen molar-refractivity contribution in [1.29, 1.82) is 0 Å². The summed E-state index contributed by atoms with van der Waals surface area (Å²) in [5.74, 6) is -0.0720. The lowest BCUT2D eigenvalue weighted by atomic mass is 10.1. The second-order valence-corrected chi connectivity index (χ2v) is 8.79. The molecule has 2 aromatic rings. The number of rotatable bonds is 8. The van der Waals surface area contributed by atoms with E-state index in [1.165, 1.54) is 12.1 Å². The quantitative estimate of drug-likeness (QED) is 0.625. The number of hydrogen-bond acceptors (Lipinski definition) is 8. The third kappa shape index (κ3) is 4.90. The van der Waals surface area contributed by atoms with Gasteiger partial charge >= 0.3 is 7.60 Å². The molecule has 1 aliphatic heterocycles. The van der Waals surface area contributed by atoms with E-state index in [1.54, 1.807) is 26.1 Å². The molecule has 0 aliphatic carbocycles. The number of hydrogen-bond donors (Lipinski definition) is 2. The first-order valence-corrected chi connectivity index (χ1v) is 11.4. The Morgan fingerprint density at radius 1 is 1.07 bits per heavy atom. The summed E-state index contributed by atoms with van der Waals surface area (Å²) in [7, 11) is -3.60. The summed E-state index contributed by atoms with van der Waals surface area (Å²) in [6.07, 6.45) is 1.76. The van der Waals surface area contributed by atoms with E-state index in [-0.39, 0.29) is 24.7 Å². The molecule has 1 fully saturated rings. The van der Waals surface area contributed by atoms with Gasteiger partial charge in [0.15, 0.2) is 0 Å². The molecule has 29 heavy (non-hydrogen) atoms. The lowest BCUT2D eigenvalue weighted by Crippen LogP contribution is -2.48. The number of benzene rings is 1. The van der Waals surface area contributed by atoms with Crippen LogP contribution in [-0.2, 0) is 13.6 Å². The van der Waals surface area contributed by atoms with Crippen LogP contribution in [0.1, 0.15) is 25.2 Å². The van der Waals surface area contributed by atoms with Gasteiger partial charge in [0.1, 0.15) is 23.1 Å². The van der Waals surface area contributed by atoms with Crippen molar-refractivity contribution in [2.24, 2.45) is 0 Å². The Balaban J connectivity index is 1.90. The van der Waals surface area contributed by atoms with Crippen LogP contribution in [0, 0.1) is 0 Å². The van der Waals surface area contributed by atoms with Gasteiger partial charge in [-0.1, -0.05) is 6.07 Å². The molecule has 0 radical (unpaired) electrons. The average Bonchev–Trinajstić information content (AvgIpc) is 2.71. The molecule has 1 unspecified atom stereocenters. The predicted octanol–water partition coefficient (Wildman–Crippen LogP) is 3.58. The van der Waals surface area contributed by atoms with Crippen LogP contribution in [0.15, 0.2) is 42.6 Å². The molecule has 1 saturated heterocycles. The zero-order valence-electron chi connectivity index (χ0n) is 16.8. The van der Waals surface area contributed by atoms with Gasteiger partial charge in [-0.25, -0.2) is 4.98 Å². The lowest BCUT2D eigenvalue weighted by molar-refractivity contribution is 0.156. The molecule has 9 heteroatoms. The molecule has 1 aromatic carbocycles. The van der Waals surface area contributed by atoms with Crippen LogP contribution in [0.5, 0.6) is 11.5 Å². The van der Waals surface area contributed by atoms with Crippen LogP contribution in [0.25, 0.3) is 0 Å². The van der Waals surface area contributed by atoms with Crippen molar-refractivity contribution in [3.8, 4) is 11.5 Å². The van der Waals surface area contributed by atoms with Crippen molar-refractivity contribution in [3.05, 3.63) is 48.2 Å². The maximum atomic E-state index is 13.7. The monoisotopic (exact) mass is 421 g/mol. The fraction of sp³-hybridized carbons (Fsp3) is 0.450. The zero-order valence-corrected chi connectivity index (χ0v) is 17.7. The molecule has 8 nitrogen and oxygen atoms in total. The molecule has 0 amide bonds. The molecule has 1 aromatic heterocycles. The minimum atomic E-state index is -3.60. The highest BCUT2D eigenvalue weighted by atomic mass is 31.2. The number of nitrogens with zero attached hydrogens (tertiary/aromatic N) is 3. The van der Waals surface area contributed by atoms with Gasteiger partial charge < -0.3 is 24.2 Å². The molecule has 0 spiro atoms. The molecule has 158 valence electrons. The fourth-order valence-corrected chi connectivity index (χ4v) is 5.86. The van der Waals surface area contributed by atoms with E-state index in [0.717, 1.165) is 5.82 Å². The molecular weight excluding hydrogens is 393 g/mol. The van der Waals surface area contributed by atoms with Crippen molar-refractivity contribution >= 4 is 13.4 Å². The molecule has 1 aliphatic rings. The molecule has 0 bridgehead atoms. The van der Waals surface area contributed by atoms with Crippen LogP contribution >= 0.6 is 7.60 Å². The summed E-state index contributed by atoms with van der Waals surface area (Å²) in [4.78, 5) is 8.57. The van der Waals surface area contributed by atoms with Crippen molar-refractivity contribution in [1.82, 2.24) is 9.88 Å². The molecular formula is C20H28N3O5P. The first-order valence-electron chi connectivity index (χ1n) is 9.79. The molecule has 2 N–H and O–H groups in total. The van der Waals surface area contributed by atoms with E-state index < -0.39 is 13.4 Å². The second-order valence-electron chi connectivity index (χ2n) is 6.70. The van der Waals surface area contributed by atoms with Crippen molar-refractivity contribution < 1.29 is 23.8 Å². The van der Waals surface area contributed by atoms with Gasteiger partial charge in [-0.15, -0.1) is 0 Å². The highest BCUT2D eigenvalue weighted by Gasteiger charge is 2.43. The number of phenolic OH excluding ortho intramolecular Hbond substituents is 2. The van der Waals surface area contributed by atoms with E-state index >= 15 is 0 Å². The molecule has 0 saturated carbocycles. The maximum Gasteiger partial charge on any atom is 0.352 e. The van der Waals surface area contributed by atoms with Gasteiger partial charge in [0, 0.05) is 44.0 Å². The van der Waals surface area contributed by atoms with Gasteiger partial charge in [-0.05, 0) is 38.1 Å². The minimum absolute atomic E-state index is 0.0624. The van der Waals surface area contributed by atoms with Crippen LogP contribution in [0.2, 0.25) is 0 Å². The summed E-state index contributed by atoms with van der Waals surface area (Å²) < 4.78 is 25.0. The summed E-state index contributed by atoms with van der Waals surface area (Å²) in [6, 6.07) is 10.1. The van der Waals surface area contributed by atoms with Gasteiger partial charge in [0.25, 0.3) is 0 Å². The molecule has 1 atom stereocenters. The Kier molecular flexibility index (Phi) is 7.14. The highest BCUT2D eigenvalue weighted by Crippen LogP contribution is 2.63. The topological polar surface area (TPSA) is 95.4 Å². The SMILES string of the molecule is CCOP(=O)(OCC)C(c1ccc(O)cc1O)N1CCN(c2ccccn2)CC1. The van der Waals surface area contributed by atoms with E-state index in [1.807, 2.05) is 23.1 Å². The van der Waals surface area contributed by atoms with E-state index in [9.17, 15) is 14.8 Å². The van der Waals surface area contributed by atoms with Gasteiger partial charge in [-0.3, -0.25) is 9.46 Å². The highest BCUT2D eigenvalue weighted by molar-refractivity contribution is 7.54. The Labute approximate surface area is 171 Å². The van der Waals surface area contributed by atoms with Gasteiger partial charge in [0.05, 0.1) is 13.2 Å². The third-order valence-corrected chi connectivity index (χ3v) is 7.28. The first-order chi connectivity index (χ1) is 14.0. The van der Waals surface area contributed by atoms with Crippen molar-refractivity contribution in [2.45, 2.75) is 19.6 Å². The fourth-order valence-electron chi connectivity index (χ4n) is 3.59. The summed E-state index contributed by atoms with van der Waals surface area (Å²) in [5, 5.41) is 20.2. The predicted molar refractivity (Wildman–Crippen MR) is 111 cm³/mol. The second kappa shape index (κ2) is 9.59. The summed E-state index contributed by atoms with van der Waals surface area (Å²) >= 11 is 0. The third-order valence-electron chi connectivity index (χ3n) is 4.84. The van der Waals surface area contributed by atoms with E-state index in [2.05, 4.69) is 9.88 Å². The summed E-state index contributed by atoms with van der Waals surface area (Å²) in [5.41, 5.74) is 0.416. The number of phenols is 2. The Bertz CT molecular complexity index is 833. The number of pyridine rings is 1. The van der Waals surface area contributed by atoms with E-state index in [4.69, 9.17) is 9.05 Å². The Morgan fingerprint density at radius 2 is 1.76 bits per heavy atom. The largest absolute Gasteiger partial charge is 0.508 e. The normalized spacial score (nSPS) is 16.7. The van der Waals surface area contributed by atoms with Gasteiger partial charge in [0.2, 0.25) is 0 Å². The number of piperazine rings is 1. The number of aromatic nitrogens is 1. The summed E-state index contributed by atoms with van der Waals surface area (Å²) in [6.45, 7) is 6.52. The van der Waals surface area contributed by atoms with Crippen LogP contribution in [0.4, 0.5) is 5.82 Å². The average molecular weight is 421 g/mol. The van der Waals surface area contributed by atoms with Gasteiger partial charge in [-0.2, -0.15) is 0 Å². The standard InChI is InChI=1S/C20H28N3O5P/c1-3-27-29(26,28-4-2)20(17-9-8-16(24)15-18(17)25)23-13-11-22(12-14-23)19-7-5-6-10-21-19/h5-10,15,20,24-25H,3-4,11-14H2,1-2H3. The van der Waals surface area contributed by atoms with Crippen molar-refractivity contribution in [3.63, 3.8) is 0 Å². The first kappa shape index (κ1) is 21.6. The Morgan fingerprint density at radius 3 is 2.31 bits per heavy atom. The Hall–Kier alpha value is -2.12. The number of anilines is 1. The lowest BCUT2D eigenvalue weighted by Gasteiger charge is -2.41. The van der Waals surface area contributed by atoms with Crippen molar-refractivity contribution in [2.75, 3.05) is 44.3 Å². The smallest absolute Gasteiger partial charge is 0.352 e. The number of aromatic hydroxyl groups is 2.